The van der Waals surface area contributed by atoms with Crippen LogP contribution in [0, 0.1) is 52.8 Å². The third-order valence-electron chi connectivity index (χ3n) is 6.24. The molecule has 0 aliphatic carbocycles. The second kappa shape index (κ2) is 14.4. The summed E-state index contributed by atoms with van der Waals surface area (Å²) in [6.45, 7) is 1.89. The smallest absolute Gasteiger partial charge is 0.429 e. The molecule has 0 spiro atoms. The van der Waals surface area contributed by atoms with Crippen LogP contribution in [-0.2, 0) is 12.5 Å². The number of allylic oxidation sites excluding steroid dienone is 2. The second-order valence-corrected chi connectivity index (χ2v) is 9.69. The molecule has 0 fully saturated rings. The average Bonchev–Trinajstić information content (AvgIpc) is 2.97. The van der Waals surface area contributed by atoms with E-state index in [0.717, 1.165) is 24.1 Å². The van der Waals surface area contributed by atoms with Crippen molar-refractivity contribution in [3.8, 4) is 35.2 Å². The molecule has 0 aliphatic heterocycles. The van der Waals surface area contributed by atoms with E-state index < -0.39 is 58.6 Å². The molecule has 0 amide bonds. The first-order valence-corrected chi connectivity index (χ1v) is 13.5. The van der Waals surface area contributed by atoms with Crippen LogP contribution in [0.4, 0.5) is 43.9 Å². The lowest BCUT2D eigenvalue weighted by Crippen LogP contribution is -2.24. The van der Waals surface area contributed by atoms with Crippen LogP contribution in [0.3, 0.4) is 0 Å². The molecule has 4 aromatic carbocycles. The van der Waals surface area contributed by atoms with Crippen molar-refractivity contribution < 1.29 is 53.4 Å². The summed E-state index contributed by atoms with van der Waals surface area (Å²) >= 11 is 0. The van der Waals surface area contributed by atoms with E-state index >= 15 is 0 Å². The van der Waals surface area contributed by atoms with Crippen LogP contribution in [0.2, 0.25) is 0 Å². The minimum atomic E-state index is -5.47. The SMILES string of the molecule is C/C=C/CCc1ccc(C#Cc2ccc(C#Cc3ccc(C(F)(F)Oc4cc(F)c(OC(F)(F)F)c(F)c4)c(F)c3)c(F)c2)c(F)c1. The number of ether oxygens (including phenoxy) is 2. The second-order valence-electron chi connectivity index (χ2n) is 9.69. The van der Waals surface area contributed by atoms with Crippen molar-refractivity contribution in [3.05, 3.63) is 141 Å². The van der Waals surface area contributed by atoms with Crippen LogP contribution in [-0.4, -0.2) is 6.36 Å². The minimum absolute atomic E-state index is 0.00416. The maximum Gasteiger partial charge on any atom is 0.573 e. The predicted octanol–water partition coefficient (Wildman–Crippen LogP) is 9.72. The average molecular weight is 663 g/mol. The van der Waals surface area contributed by atoms with Crippen molar-refractivity contribution in [2.75, 3.05) is 0 Å². The van der Waals surface area contributed by atoms with Gasteiger partial charge < -0.3 is 9.47 Å². The molecule has 12 heteroatoms. The van der Waals surface area contributed by atoms with Crippen molar-refractivity contribution in [1.29, 1.82) is 0 Å². The highest BCUT2D eigenvalue weighted by molar-refractivity contribution is 5.49. The molecule has 0 N–H and O–H groups in total. The van der Waals surface area contributed by atoms with E-state index in [2.05, 4.69) is 33.2 Å². The highest BCUT2D eigenvalue weighted by Crippen LogP contribution is 2.37. The number of aryl methyl sites for hydroxylation is 1. The Morgan fingerprint density at radius 3 is 1.70 bits per heavy atom. The van der Waals surface area contributed by atoms with E-state index in [1.54, 1.807) is 6.07 Å². The van der Waals surface area contributed by atoms with Crippen LogP contribution >= 0.6 is 0 Å². The highest BCUT2D eigenvalue weighted by atomic mass is 19.4. The Bertz CT molecular complexity index is 1920. The lowest BCUT2D eigenvalue weighted by atomic mass is 10.1. The Morgan fingerprint density at radius 2 is 1.17 bits per heavy atom. The first-order chi connectivity index (χ1) is 22.1. The maximum absolute atomic E-state index is 14.7. The van der Waals surface area contributed by atoms with E-state index in [4.69, 9.17) is 0 Å². The Morgan fingerprint density at radius 1 is 0.617 bits per heavy atom. The summed E-state index contributed by atoms with van der Waals surface area (Å²) in [7, 11) is 0. The normalized spacial score (nSPS) is 11.5. The summed E-state index contributed by atoms with van der Waals surface area (Å²) in [6, 6.07) is 10.5. The summed E-state index contributed by atoms with van der Waals surface area (Å²) in [5, 5.41) is 0. The van der Waals surface area contributed by atoms with E-state index in [9.17, 15) is 43.9 Å². The maximum atomic E-state index is 14.7. The molecule has 4 aromatic rings. The topological polar surface area (TPSA) is 18.5 Å². The first-order valence-electron chi connectivity index (χ1n) is 13.5. The van der Waals surface area contributed by atoms with Crippen LogP contribution in [0.15, 0.2) is 78.9 Å². The Labute approximate surface area is 262 Å². The zero-order chi connectivity index (χ0) is 34.4. The fourth-order valence-corrected chi connectivity index (χ4v) is 4.05. The van der Waals surface area contributed by atoms with E-state index in [1.165, 1.54) is 24.3 Å². The molecule has 0 aliphatic rings. The van der Waals surface area contributed by atoms with Gasteiger partial charge in [0.2, 0.25) is 5.75 Å². The highest BCUT2D eigenvalue weighted by Gasteiger charge is 2.39. The van der Waals surface area contributed by atoms with Gasteiger partial charge in [-0.25, -0.2) is 22.0 Å². The van der Waals surface area contributed by atoms with E-state index in [0.29, 0.717) is 18.6 Å². The van der Waals surface area contributed by atoms with Crippen LogP contribution in [0.1, 0.15) is 46.7 Å². The molecule has 0 heterocycles. The van der Waals surface area contributed by atoms with Crippen molar-refractivity contribution >= 4 is 0 Å². The van der Waals surface area contributed by atoms with Gasteiger partial charge in [-0.05, 0) is 73.9 Å². The van der Waals surface area contributed by atoms with Gasteiger partial charge in [0.15, 0.2) is 11.6 Å². The summed E-state index contributed by atoms with van der Waals surface area (Å²) in [5.41, 5.74) is -0.568. The number of hydrogen-bond acceptors (Lipinski definition) is 2. The first kappa shape index (κ1) is 34.5. The molecular formula is C35H20F10O2. The van der Waals surface area contributed by atoms with Gasteiger partial charge in [-0.15, -0.1) is 13.2 Å². The third-order valence-corrected chi connectivity index (χ3v) is 6.24. The lowest BCUT2D eigenvalue weighted by Gasteiger charge is -2.19. The predicted molar refractivity (Wildman–Crippen MR) is 152 cm³/mol. The van der Waals surface area contributed by atoms with Crippen molar-refractivity contribution in [3.63, 3.8) is 0 Å². The summed E-state index contributed by atoms with van der Waals surface area (Å²) in [5.74, 6) is 0.0972. The monoisotopic (exact) mass is 662 g/mol. The van der Waals surface area contributed by atoms with E-state index in [1.807, 2.05) is 19.1 Å². The zero-order valence-electron chi connectivity index (χ0n) is 24.0. The van der Waals surface area contributed by atoms with Crippen molar-refractivity contribution in [1.82, 2.24) is 0 Å². The molecule has 0 saturated carbocycles. The molecule has 2 nitrogen and oxygen atoms in total. The summed E-state index contributed by atoms with van der Waals surface area (Å²) in [6.07, 6.45) is -4.71. The summed E-state index contributed by atoms with van der Waals surface area (Å²) in [4.78, 5) is 0. The molecule has 242 valence electrons. The molecule has 47 heavy (non-hydrogen) atoms. The fourth-order valence-electron chi connectivity index (χ4n) is 4.05. The number of hydrogen-bond donors (Lipinski definition) is 0. The van der Waals surface area contributed by atoms with Crippen LogP contribution in [0.25, 0.3) is 0 Å². The molecule has 0 atom stereocenters. The zero-order valence-corrected chi connectivity index (χ0v) is 24.0. The third kappa shape index (κ3) is 9.33. The fraction of sp³-hybridized carbons (Fsp3) is 0.143. The standard InChI is InChI=1S/C35H20F10O2/c1-2-3-4-5-21-6-11-24(28(36)16-21)12-7-22-8-13-25(29(37)17-22)14-9-23-10-15-27(30(38)18-23)34(41,42)46-26-19-31(39)33(32(40)20-26)47-35(43,44)45/h2-3,6,8,10-11,13,15-20H,4-5H2,1H3/b3-2+. The molecule has 0 saturated heterocycles. The van der Waals surface area contributed by atoms with Gasteiger partial charge in [0, 0.05) is 23.3 Å². The Hall–Kier alpha value is -5.36. The number of rotatable bonds is 7. The lowest BCUT2D eigenvalue weighted by molar-refractivity contribution is -0.276. The van der Waals surface area contributed by atoms with Crippen molar-refractivity contribution in [2.24, 2.45) is 0 Å². The largest absolute Gasteiger partial charge is 0.573 e. The van der Waals surface area contributed by atoms with Crippen molar-refractivity contribution in [2.45, 2.75) is 32.2 Å². The molecule has 4 rings (SSSR count). The van der Waals surface area contributed by atoms with Crippen LogP contribution < -0.4 is 9.47 Å². The Kier molecular flexibility index (Phi) is 10.6. The van der Waals surface area contributed by atoms with Crippen LogP contribution in [0.5, 0.6) is 11.5 Å². The molecular weight excluding hydrogens is 642 g/mol. The quantitative estimate of drug-likeness (QED) is 0.112. The minimum Gasteiger partial charge on any atom is -0.429 e. The number of benzene rings is 4. The van der Waals surface area contributed by atoms with Gasteiger partial charge in [-0.3, -0.25) is 0 Å². The number of halogens is 10. The van der Waals surface area contributed by atoms with Gasteiger partial charge in [0.25, 0.3) is 0 Å². The van der Waals surface area contributed by atoms with E-state index in [-0.39, 0.29) is 34.4 Å². The van der Waals surface area contributed by atoms with Gasteiger partial charge in [0.05, 0.1) is 11.1 Å². The van der Waals surface area contributed by atoms with Gasteiger partial charge in [-0.2, -0.15) is 8.78 Å². The number of alkyl halides is 5. The van der Waals surface area contributed by atoms with Gasteiger partial charge in [0.1, 0.15) is 28.8 Å². The summed E-state index contributed by atoms with van der Waals surface area (Å²) < 4.78 is 145. The molecule has 0 aromatic heterocycles. The molecule has 0 bridgehead atoms. The molecule has 0 radical (unpaired) electrons. The molecule has 0 unspecified atom stereocenters. The van der Waals surface area contributed by atoms with Gasteiger partial charge >= 0.3 is 12.5 Å². The Balaban J connectivity index is 1.46. The van der Waals surface area contributed by atoms with Gasteiger partial charge in [-0.1, -0.05) is 41.9 Å².